The molecule has 0 amide bonds. The highest BCUT2D eigenvalue weighted by atomic mass is 31.2. The van der Waals surface area contributed by atoms with E-state index in [0.717, 1.165) is 180 Å². The molecule has 4 N–H and O–H groups in total. The quantitative estimate of drug-likeness (QED) is 0.0146. The van der Waals surface area contributed by atoms with E-state index < -0.39 is 91.5 Å². The topological polar surface area (TPSA) is 231 Å². The average molecular weight is 1390 g/mol. The lowest BCUT2D eigenvalue weighted by molar-refractivity contribution is -0.161. The van der Waals surface area contributed by atoms with Crippen molar-refractivity contribution in [3.05, 3.63) is 182 Å². The van der Waals surface area contributed by atoms with Gasteiger partial charge in [0, 0.05) is 19.3 Å². The van der Waals surface area contributed by atoms with Crippen molar-refractivity contribution in [1.29, 1.82) is 0 Å². The molecule has 5 unspecified atom stereocenters. The fraction of sp³-hybridized carbons (Fsp3) is 0.582. The van der Waals surface area contributed by atoms with Crippen LogP contribution in [0.25, 0.3) is 0 Å². The van der Waals surface area contributed by atoms with Crippen molar-refractivity contribution in [2.45, 2.75) is 257 Å². The lowest BCUT2D eigenvalue weighted by Crippen LogP contribution is -2.30. The van der Waals surface area contributed by atoms with Crippen molar-refractivity contribution < 1.29 is 75.8 Å². The van der Waals surface area contributed by atoms with Gasteiger partial charge in [-0.2, -0.15) is 0 Å². The van der Waals surface area contributed by atoms with Gasteiger partial charge in [-0.25, -0.2) is 9.13 Å². The van der Waals surface area contributed by atoms with Crippen LogP contribution in [0.4, 0.5) is 0 Å². The van der Waals surface area contributed by atoms with Crippen LogP contribution in [0.3, 0.4) is 0 Å². The third kappa shape index (κ3) is 71.7. The Morgan fingerprint density at radius 1 is 0.289 bits per heavy atom. The minimum absolute atomic E-state index is 0.0673. The minimum atomic E-state index is -4.95. The van der Waals surface area contributed by atoms with Crippen molar-refractivity contribution >= 4 is 33.6 Å². The molecule has 0 radical (unpaired) electrons. The number of esters is 3. The van der Waals surface area contributed by atoms with Crippen molar-refractivity contribution in [2.24, 2.45) is 0 Å². The second-order valence-corrected chi connectivity index (χ2v) is 26.1. The Bertz CT molecular complexity index is 2490. The van der Waals surface area contributed by atoms with E-state index in [-0.39, 0.29) is 19.3 Å². The molecule has 16 nitrogen and oxygen atoms in total. The molecule has 0 aliphatic heterocycles. The zero-order valence-corrected chi connectivity index (χ0v) is 61.2. The molecule has 97 heavy (non-hydrogen) atoms. The van der Waals surface area contributed by atoms with E-state index in [0.29, 0.717) is 19.3 Å². The van der Waals surface area contributed by atoms with Gasteiger partial charge >= 0.3 is 33.6 Å². The number of carbonyl (C=O) groups excluding carboxylic acids is 3. The Kier molecular flexibility index (Phi) is 66.6. The van der Waals surface area contributed by atoms with E-state index >= 15 is 0 Å². The lowest BCUT2D eigenvalue weighted by atomic mass is 10.1. The minimum Gasteiger partial charge on any atom is -0.463 e. The van der Waals surface area contributed by atoms with Crippen LogP contribution < -0.4 is 0 Å². The molecule has 0 rings (SSSR count). The van der Waals surface area contributed by atoms with Crippen molar-refractivity contribution in [3.63, 3.8) is 0 Å². The van der Waals surface area contributed by atoms with Crippen LogP contribution in [0.15, 0.2) is 182 Å². The summed E-state index contributed by atoms with van der Waals surface area (Å²) in [5.41, 5.74) is 0. The molecule has 0 aliphatic carbocycles. The first-order chi connectivity index (χ1) is 47.2. The SMILES string of the molecule is CC/C=C\C/C=C\C/C=C\C/C=C\C/C=C\C/C=C\CCCCCCCCC(=O)OCC(O)COP(=O)(O)OCC(O)COP(=O)(O)OCC(COC(=O)CCCC/C=C\C/C=C\C/C=C\C/C=C\C/C=C\C/C=C\CC)OC(=O)CCCCCCC/C=C\C/C=C\C/C=C\CC. The summed E-state index contributed by atoms with van der Waals surface area (Å²) in [5, 5.41) is 20.6. The molecule has 0 fully saturated rings. The van der Waals surface area contributed by atoms with Gasteiger partial charge in [0.25, 0.3) is 0 Å². The molecule has 0 saturated heterocycles. The summed E-state index contributed by atoms with van der Waals surface area (Å²) >= 11 is 0. The van der Waals surface area contributed by atoms with E-state index in [4.69, 9.17) is 32.3 Å². The summed E-state index contributed by atoms with van der Waals surface area (Å²) < 4.78 is 60.9. The zero-order chi connectivity index (χ0) is 70.9. The number of unbranched alkanes of at least 4 members (excludes halogenated alkanes) is 13. The first-order valence-corrected chi connectivity index (χ1v) is 39.1. The molecule has 0 spiro atoms. The second-order valence-electron chi connectivity index (χ2n) is 23.2. The van der Waals surface area contributed by atoms with Crippen LogP contribution in [0, 0.1) is 0 Å². The molecule has 0 bridgehead atoms. The lowest BCUT2D eigenvalue weighted by Gasteiger charge is -2.21. The Labute approximate surface area is 585 Å². The van der Waals surface area contributed by atoms with Gasteiger partial charge in [0.15, 0.2) is 6.10 Å². The highest BCUT2D eigenvalue weighted by Gasteiger charge is 2.29. The number of phosphoric acid groups is 2. The summed E-state index contributed by atoms with van der Waals surface area (Å²) in [7, 11) is -9.82. The number of allylic oxidation sites excluding steroid dienone is 30. The highest BCUT2D eigenvalue weighted by molar-refractivity contribution is 7.47. The molecular formula is C79H126O16P2. The van der Waals surface area contributed by atoms with Gasteiger partial charge in [0.05, 0.1) is 26.4 Å². The van der Waals surface area contributed by atoms with E-state index in [1.165, 1.54) is 0 Å². The van der Waals surface area contributed by atoms with Gasteiger partial charge in [-0.3, -0.25) is 32.5 Å². The molecular weight excluding hydrogens is 1270 g/mol. The third-order valence-corrected chi connectivity index (χ3v) is 16.0. The third-order valence-electron chi connectivity index (χ3n) is 14.1. The molecule has 0 saturated carbocycles. The Morgan fingerprint density at radius 3 is 0.835 bits per heavy atom. The molecule has 0 aromatic carbocycles. The van der Waals surface area contributed by atoms with Crippen LogP contribution in [-0.4, -0.2) is 95.9 Å². The number of aliphatic hydroxyl groups is 2. The zero-order valence-electron chi connectivity index (χ0n) is 59.4. The number of hydrogen-bond donors (Lipinski definition) is 4. The Morgan fingerprint density at radius 2 is 0.515 bits per heavy atom. The summed E-state index contributed by atoms with van der Waals surface area (Å²) in [6.07, 6.45) is 89.4. The average Bonchev–Trinajstić information content (AvgIpc) is 1.82. The maximum atomic E-state index is 12.9. The predicted molar refractivity (Wildman–Crippen MR) is 398 cm³/mol. The van der Waals surface area contributed by atoms with Crippen LogP contribution in [0.2, 0.25) is 0 Å². The number of phosphoric ester groups is 2. The van der Waals surface area contributed by atoms with Gasteiger partial charge in [0.1, 0.15) is 25.4 Å². The molecule has 5 atom stereocenters. The van der Waals surface area contributed by atoms with Gasteiger partial charge < -0.3 is 34.2 Å². The predicted octanol–water partition coefficient (Wildman–Crippen LogP) is 20.6. The summed E-state index contributed by atoms with van der Waals surface area (Å²) in [6.45, 7) is 2.20. The van der Waals surface area contributed by atoms with E-state index in [9.17, 15) is 43.5 Å². The summed E-state index contributed by atoms with van der Waals surface area (Å²) in [6, 6.07) is 0. The molecule has 0 aliphatic rings. The summed E-state index contributed by atoms with van der Waals surface area (Å²) in [5.74, 6) is -1.68. The van der Waals surface area contributed by atoms with Crippen LogP contribution in [-0.2, 0) is 55.8 Å². The fourth-order valence-electron chi connectivity index (χ4n) is 8.71. The van der Waals surface area contributed by atoms with Gasteiger partial charge in [-0.15, -0.1) is 0 Å². The molecule has 0 heterocycles. The number of carbonyl (C=O) groups is 3. The van der Waals surface area contributed by atoms with Crippen LogP contribution >= 0.6 is 15.6 Å². The van der Waals surface area contributed by atoms with Gasteiger partial charge in [-0.1, -0.05) is 248 Å². The second kappa shape index (κ2) is 70.5. The smallest absolute Gasteiger partial charge is 0.463 e. The van der Waals surface area contributed by atoms with Crippen LogP contribution in [0.5, 0.6) is 0 Å². The highest BCUT2D eigenvalue weighted by Crippen LogP contribution is 2.45. The van der Waals surface area contributed by atoms with Gasteiger partial charge in [-0.05, 0) is 154 Å². The van der Waals surface area contributed by atoms with Crippen molar-refractivity contribution in [1.82, 2.24) is 0 Å². The van der Waals surface area contributed by atoms with Crippen molar-refractivity contribution in [3.8, 4) is 0 Å². The Balaban J connectivity index is 4.71. The van der Waals surface area contributed by atoms with Crippen LogP contribution in [0.1, 0.15) is 239 Å². The largest absolute Gasteiger partial charge is 0.472 e. The molecule has 0 aromatic rings. The van der Waals surface area contributed by atoms with E-state index in [1.54, 1.807) is 0 Å². The van der Waals surface area contributed by atoms with E-state index in [2.05, 4.69) is 203 Å². The summed E-state index contributed by atoms with van der Waals surface area (Å²) in [4.78, 5) is 58.5. The number of rotatable bonds is 66. The number of ether oxygens (including phenoxy) is 3. The fourth-order valence-corrected chi connectivity index (χ4v) is 10.3. The molecule has 0 aromatic heterocycles. The maximum absolute atomic E-state index is 12.9. The van der Waals surface area contributed by atoms with E-state index in [1.807, 2.05) is 0 Å². The maximum Gasteiger partial charge on any atom is 0.472 e. The first kappa shape index (κ1) is 91.6. The number of hydrogen-bond acceptors (Lipinski definition) is 14. The van der Waals surface area contributed by atoms with Gasteiger partial charge in [0.2, 0.25) is 0 Å². The molecule has 18 heteroatoms. The first-order valence-electron chi connectivity index (χ1n) is 36.1. The van der Waals surface area contributed by atoms with Crippen molar-refractivity contribution in [2.75, 3.05) is 39.6 Å². The normalized spacial score (nSPS) is 15.2. The molecule has 548 valence electrons. The number of aliphatic hydroxyl groups excluding tert-OH is 2. The Hall–Kier alpha value is -5.35. The standard InChI is InChI=1S/C79H126O16P2/c1-4-7-10-13-16-19-22-25-28-30-32-34-35-36-37-39-41-42-45-47-50-53-56-59-62-65-77(82)89-68-74(80)69-91-96(85,86)92-70-75(81)71-93-97(87,88)94-73-76(95-79(84)67-64-61-58-55-52-49-44-27-24-21-18-15-12-9-6-3)72-90-78(83)66-63-60-57-54-51-48-46-43-40-38-33-31-29-26-23-20-17-14-11-8-5-2/h7-12,16-21,25-29,32-34,36-38,41-44,46,51,54,74-76,80-81H,4-6,13-15,22-24,30-31,35,39-40,45,47-50,52-53,55-73H2,1-3H3,(H,85,86)(H,87,88)/b10-7-,11-8-,12-9-,19-16-,20-17-,21-18-,28-25-,29-26-,34-32-,37-36-,38-33-,42-41-,44-27-,46-43-,54-51-. The monoisotopic (exact) mass is 1390 g/mol.